The number of nitrogens with two attached hydrogens (primary N) is 1. The Balaban J connectivity index is 2.05. The van der Waals surface area contributed by atoms with E-state index in [0.717, 1.165) is 0 Å². The Morgan fingerprint density at radius 3 is 2.70 bits per heavy atom. The summed E-state index contributed by atoms with van der Waals surface area (Å²) in [5.41, 5.74) is 8.03. The molecule has 0 saturated heterocycles. The molecule has 116 valence electrons. The Kier molecular flexibility index (Phi) is 4.14. The quantitative estimate of drug-likeness (QED) is 0.758. The average molecular weight is 349 g/mol. The molecule has 1 amide bonds. The number of amides is 1. The van der Waals surface area contributed by atoms with E-state index < -0.39 is 0 Å². The molecular formula is C14H10Cl2N6O. The number of imidazole rings is 1. The van der Waals surface area contributed by atoms with Crippen molar-refractivity contribution in [2.75, 3.05) is 11.1 Å². The highest BCUT2D eigenvalue weighted by Gasteiger charge is 2.16. The van der Waals surface area contributed by atoms with Crippen LogP contribution < -0.4 is 11.1 Å². The van der Waals surface area contributed by atoms with Crippen molar-refractivity contribution >= 4 is 57.2 Å². The molecule has 1 aromatic carbocycles. The molecule has 0 bridgehead atoms. The first-order valence-electron chi connectivity index (χ1n) is 6.43. The summed E-state index contributed by atoms with van der Waals surface area (Å²) in [5.74, 6) is -0.167. The molecule has 0 saturated carbocycles. The first-order valence-corrected chi connectivity index (χ1v) is 7.25. The standard InChI is InChI=1S/C14H10Cl2N6O/c15-6-9(16)22-7-18-10-11(20-14(17)21-12(10)22)19-13(23)8-4-2-1-3-5-8/h1-7H,(H3,17,19,20,21,23)/b9-6+. The van der Waals surface area contributed by atoms with E-state index in [1.807, 2.05) is 6.07 Å². The van der Waals surface area contributed by atoms with Gasteiger partial charge in [-0.05, 0) is 12.1 Å². The van der Waals surface area contributed by atoms with Gasteiger partial charge in [-0.1, -0.05) is 41.4 Å². The summed E-state index contributed by atoms with van der Waals surface area (Å²) >= 11 is 11.6. The van der Waals surface area contributed by atoms with E-state index in [2.05, 4.69) is 20.3 Å². The van der Waals surface area contributed by atoms with Crippen molar-refractivity contribution in [3.8, 4) is 0 Å². The lowest BCUT2D eigenvalue weighted by Gasteiger charge is -2.06. The molecule has 0 radical (unpaired) electrons. The molecule has 0 unspecified atom stereocenters. The number of hydrogen-bond donors (Lipinski definition) is 2. The fourth-order valence-electron chi connectivity index (χ4n) is 1.98. The highest BCUT2D eigenvalue weighted by molar-refractivity contribution is 6.50. The van der Waals surface area contributed by atoms with Gasteiger partial charge in [0.05, 0.1) is 0 Å². The van der Waals surface area contributed by atoms with Crippen molar-refractivity contribution in [2.45, 2.75) is 0 Å². The van der Waals surface area contributed by atoms with Crippen LogP contribution in [0, 0.1) is 0 Å². The average Bonchev–Trinajstić information content (AvgIpc) is 2.98. The maximum absolute atomic E-state index is 12.3. The molecule has 0 atom stereocenters. The van der Waals surface area contributed by atoms with Crippen molar-refractivity contribution in [3.63, 3.8) is 0 Å². The summed E-state index contributed by atoms with van der Waals surface area (Å²) in [6, 6.07) is 8.71. The topological polar surface area (TPSA) is 98.7 Å². The highest BCUT2D eigenvalue weighted by Crippen LogP contribution is 2.24. The molecule has 3 aromatic rings. The zero-order valence-corrected chi connectivity index (χ0v) is 13.1. The fourth-order valence-corrected chi connectivity index (χ4v) is 2.21. The van der Waals surface area contributed by atoms with Crippen molar-refractivity contribution in [1.29, 1.82) is 0 Å². The SMILES string of the molecule is Nc1nc(NC(=O)c2ccccc2)c2ncn(/C(Cl)=C/Cl)c2n1. The maximum Gasteiger partial charge on any atom is 0.256 e. The first kappa shape index (κ1) is 15.3. The van der Waals surface area contributed by atoms with Gasteiger partial charge >= 0.3 is 0 Å². The molecule has 0 aliphatic rings. The minimum absolute atomic E-state index is 0.0262. The Labute approximate surface area is 140 Å². The van der Waals surface area contributed by atoms with Crippen molar-refractivity contribution in [2.24, 2.45) is 0 Å². The Bertz CT molecular complexity index is 906. The predicted octanol–water partition coefficient (Wildman–Crippen LogP) is 2.89. The van der Waals surface area contributed by atoms with E-state index in [1.54, 1.807) is 24.3 Å². The van der Waals surface area contributed by atoms with Crippen LogP contribution in [0.2, 0.25) is 0 Å². The molecule has 3 N–H and O–H groups in total. The number of nitrogens with one attached hydrogen (secondary N) is 1. The maximum atomic E-state index is 12.3. The molecule has 2 heterocycles. The van der Waals surface area contributed by atoms with Crippen LogP contribution in [0.1, 0.15) is 10.4 Å². The summed E-state index contributed by atoms with van der Waals surface area (Å²) in [4.78, 5) is 24.5. The predicted molar refractivity (Wildman–Crippen MR) is 90.1 cm³/mol. The first-order chi connectivity index (χ1) is 11.1. The van der Waals surface area contributed by atoms with Gasteiger partial charge in [0.1, 0.15) is 11.5 Å². The van der Waals surface area contributed by atoms with Crippen LogP contribution in [0.15, 0.2) is 42.2 Å². The number of anilines is 2. The van der Waals surface area contributed by atoms with Gasteiger partial charge in [0, 0.05) is 11.1 Å². The van der Waals surface area contributed by atoms with Gasteiger partial charge in [-0.3, -0.25) is 9.36 Å². The van der Waals surface area contributed by atoms with Crippen LogP contribution in [0.5, 0.6) is 0 Å². The highest BCUT2D eigenvalue weighted by atomic mass is 35.5. The monoisotopic (exact) mass is 348 g/mol. The van der Waals surface area contributed by atoms with Crippen LogP contribution in [0.25, 0.3) is 16.3 Å². The number of hydrogen-bond acceptors (Lipinski definition) is 5. The van der Waals surface area contributed by atoms with Gasteiger partial charge in [-0.15, -0.1) is 0 Å². The van der Waals surface area contributed by atoms with Crippen LogP contribution in [0.3, 0.4) is 0 Å². The number of carbonyl (C=O) groups is 1. The van der Waals surface area contributed by atoms with Gasteiger partial charge in [0.25, 0.3) is 5.91 Å². The fraction of sp³-hybridized carbons (Fsp3) is 0. The zero-order valence-electron chi connectivity index (χ0n) is 11.6. The zero-order chi connectivity index (χ0) is 16.4. The van der Waals surface area contributed by atoms with Crippen molar-refractivity contribution in [1.82, 2.24) is 19.5 Å². The second-order valence-corrected chi connectivity index (χ2v) is 5.07. The molecule has 23 heavy (non-hydrogen) atoms. The molecule has 9 heteroatoms. The molecule has 2 aromatic heterocycles. The summed E-state index contributed by atoms with van der Waals surface area (Å²) in [6.07, 6.45) is 1.41. The molecule has 0 aliphatic carbocycles. The third kappa shape index (κ3) is 2.96. The molecule has 0 aliphatic heterocycles. The van der Waals surface area contributed by atoms with Crippen LogP contribution in [-0.4, -0.2) is 25.4 Å². The number of fused-ring (bicyclic) bond motifs is 1. The number of rotatable bonds is 3. The van der Waals surface area contributed by atoms with E-state index in [0.29, 0.717) is 16.7 Å². The normalized spacial score (nSPS) is 11.7. The summed E-state index contributed by atoms with van der Waals surface area (Å²) in [7, 11) is 0. The number of benzene rings is 1. The molecular weight excluding hydrogens is 339 g/mol. The van der Waals surface area contributed by atoms with E-state index in [4.69, 9.17) is 28.9 Å². The number of nitrogen functional groups attached to an aromatic ring is 1. The Morgan fingerprint density at radius 2 is 2.00 bits per heavy atom. The summed E-state index contributed by atoms with van der Waals surface area (Å²) in [5, 5.41) is 2.86. The third-order valence-electron chi connectivity index (χ3n) is 3.00. The smallest absolute Gasteiger partial charge is 0.256 e. The summed E-state index contributed by atoms with van der Waals surface area (Å²) in [6.45, 7) is 0. The molecule has 7 nitrogen and oxygen atoms in total. The Hall–Kier alpha value is -2.64. The van der Waals surface area contributed by atoms with E-state index in [9.17, 15) is 4.79 Å². The van der Waals surface area contributed by atoms with Gasteiger partial charge in [0.2, 0.25) is 5.95 Å². The van der Waals surface area contributed by atoms with E-state index >= 15 is 0 Å². The third-order valence-corrected chi connectivity index (χ3v) is 3.61. The van der Waals surface area contributed by atoms with E-state index in [1.165, 1.54) is 16.4 Å². The summed E-state index contributed by atoms with van der Waals surface area (Å²) < 4.78 is 1.43. The van der Waals surface area contributed by atoms with Crippen LogP contribution >= 0.6 is 23.2 Å². The largest absolute Gasteiger partial charge is 0.368 e. The number of aromatic nitrogens is 4. The second-order valence-electron chi connectivity index (χ2n) is 4.47. The van der Waals surface area contributed by atoms with Gasteiger partial charge in [-0.2, -0.15) is 9.97 Å². The van der Waals surface area contributed by atoms with Crippen molar-refractivity contribution in [3.05, 3.63) is 47.8 Å². The van der Waals surface area contributed by atoms with E-state index in [-0.39, 0.29) is 22.8 Å². The van der Waals surface area contributed by atoms with Crippen LogP contribution in [-0.2, 0) is 0 Å². The number of carbonyl (C=O) groups excluding carboxylic acids is 1. The van der Waals surface area contributed by atoms with Crippen LogP contribution in [0.4, 0.5) is 11.8 Å². The second kappa shape index (κ2) is 6.23. The minimum atomic E-state index is -0.335. The lowest BCUT2D eigenvalue weighted by Crippen LogP contribution is -2.14. The molecule has 3 rings (SSSR count). The molecule has 0 spiro atoms. The lowest BCUT2D eigenvalue weighted by atomic mass is 10.2. The molecule has 0 fully saturated rings. The van der Waals surface area contributed by atoms with Gasteiger partial charge in [-0.25, -0.2) is 4.98 Å². The Morgan fingerprint density at radius 1 is 1.26 bits per heavy atom. The number of nitrogens with zero attached hydrogens (tertiary/aromatic N) is 4. The van der Waals surface area contributed by atoms with Gasteiger partial charge in [0.15, 0.2) is 17.0 Å². The van der Waals surface area contributed by atoms with Gasteiger partial charge < -0.3 is 11.1 Å². The minimum Gasteiger partial charge on any atom is -0.368 e. The number of halogens is 2. The lowest BCUT2D eigenvalue weighted by molar-refractivity contribution is 0.102. The van der Waals surface area contributed by atoms with Crippen molar-refractivity contribution < 1.29 is 4.79 Å².